The highest BCUT2D eigenvalue weighted by molar-refractivity contribution is 8.03. The number of allylic oxidation sites excluding steroid dienone is 2. The lowest BCUT2D eigenvalue weighted by Crippen LogP contribution is -2.35. The van der Waals surface area contributed by atoms with Crippen LogP contribution < -0.4 is 14.2 Å². The molecule has 1 aliphatic rings. The number of thioether (sulfide) groups is 1. The third kappa shape index (κ3) is 6.41. The van der Waals surface area contributed by atoms with E-state index in [9.17, 15) is 19.8 Å². The molecule has 0 saturated carbocycles. The maximum absolute atomic E-state index is 11.3. The van der Waals surface area contributed by atoms with Crippen molar-refractivity contribution < 1.29 is 29.1 Å². The number of carboxylic acid groups (broad SMARTS) is 2. The number of ether oxygens (including phenoxy) is 1. The Bertz CT molecular complexity index is 1670. The van der Waals surface area contributed by atoms with Crippen LogP contribution >= 0.6 is 23.1 Å². The summed E-state index contributed by atoms with van der Waals surface area (Å²) in [5, 5.41) is 23.0. The molecule has 0 unspecified atom stereocenters. The summed E-state index contributed by atoms with van der Waals surface area (Å²) >= 11 is 3.40. The van der Waals surface area contributed by atoms with Gasteiger partial charge in [-0.25, -0.2) is 0 Å². The largest absolute Gasteiger partial charge is 0.497 e. The number of aliphatic carboxylic acids is 2. The van der Waals surface area contributed by atoms with Gasteiger partial charge < -0.3 is 19.8 Å². The molecule has 0 spiro atoms. The molecule has 1 aliphatic heterocycles. The SMILES string of the molecule is CCC(=Cc1sc2ccc3ccccc3c2[n+]1CCCC(=O)O)C=C1Sc2ccc(OC)cc2N1CCCC(=O)O. The Morgan fingerprint density at radius 1 is 1.02 bits per heavy atom. The van der Waals surface area contributed by atoms with Gasteiger partial charge in [0.05, 0.1) is 29.6 Å². The summed E-state index contributed by atoms with van der Waals surface area (Å²) in [5.41, 5.74) is 3.30. The molecule has 41 heavy (non-hydrogen) atoms. The molecule has 212 valence electrons. The fraction of sp³-hybridized carbons (Fsp3) is 0.281. The zero-order valence-corrected chi connectivity index (χ0v) is 24.8. The van der Waals surface area contributed by atoms with Gasteiger partial charge in [0.15, 0.2) is 6.54 Å². The van der Waals surface area contributed by atoms with Crippen molar-refractivity contribution in [2.45, 2.75) is 50.5 Å². The fourth-order valence-electron chi connectivity index (χ4n) is 5.09. The first-order valence-corrected chi connectivity index (χ1v) is 15.3. The molecular weight excluding hydrogens is 556 g/mol. The van der Waals surface area contributed by atoms with Gasteiger partial charge in [0.25, 0.3) is 5.01 Å². The summed E-state index contributed by atoms with van der Waals surface area (Å²) in [7, 11) is 1.65. The van der Waals surface area contributed by atoms with Crippen molar-refractivity contribution in [3.63, 3.8) is 0 Å². The number of nitrogens with zero attached hydrogens (tertiary/aromatic N) is 2. The van der Waals surface area contributed by atoms with Gasteiger partial charge in [-0.15, -0.1) is 0 Å². The molecule has 2 N–H and O–H groups in total. The zero-order valence-electron chi connectivity index (χ0n) is 23.1. The number of methoxy groups -OCH3 is 1. The molecule has 0 fully saturated rings. The minimum atomic E-state index is -0.799. The second-order valence-corrected chi connectivity index (χ2v) is 12.0. The Hall–Kier alpha value is -3.82. The van der Waals surface area contributed by atoms with E-state index in [0.717, 1.165) is 54.7 Å². The van der Waals surface area contributed by atoms with Gasteiger partial charge in [-0.3, -0.25) is 9.59 Å². The van der Waals surface area contributed by atoms with Crippen molar-refractivity contribution in [3.05, 3.63) is 76.3 Å². The molecule has 0 saturated heterocycles. The van der Waals surface area contributed by atoms with Crippen LogP contribution in [0.15, 0.2) is 76.2 Å². The summed E-state index contributed by atoms with van der Waals surface area (Å²) in [5.74, 6) is -0.823. The van der Waals surface area contributed by atoms with Crippen LogP contribution in [-0.2, 0) is 16.1 Å². The lowest BCUT2D eigenvalue weighted by Gasteiger charge is -2.21. The molecule has 0 atom stereocenters. The summed E-state index contributed by atoms with van der Waals surface area (Å²) < 4.78 is 8.90. The summed E-state index contributed by atoms with van der Waals surface area (Å²) in [6.45, 7) is 3.33. The average molecular weight is 590 g/mol. The van der Waals surface area contributed by atoms with Crippen LogP contribution in [0.2, 0.25) is 0 Å². The van der Waals surface area contributed by atoms with E-state index in [4.69, 9.17) is 4.74 Å². The first-order chi connectivity index (χ1) is 19.9. The van der Waals surface area contributed by atoms with Crippen molar-refractivity contribution in [1.82, 2.24) is 0 Å². The maximum atomic E-state index is 11.3. The van der Waals surface area contributed by atoms with Gasteiger partial charge in [0.2, 0.25) is 5.52 Å². The van der Waals surface area contributed by atoms with Crippen LogP contribution in [0, 0.1) is 0 Å². The molecule has 1 aromatic heterocycles. The lowest BCUT2D eigenvalue weighted by molar-refractivity contribution is -0.668. The molecule has 9 heteroatoms. The number of anilines is 1. The monoisotopic (exact) mass is 589 g/mol. The third-order valence-electron chi connectivity index (χ3n) is 7.12. The van der Waals surface area contributed by atoms with E-state index in [0.29, 0.717) is 25.9 Å². The number of hydrogen-bond acceptors (Lipinski definition) is 6. The predicted octanol–water partition coefficient (Wildman–Crippen LogP) is 7.33. The molecule has 5 rings (SSSR count). The molecule has 0 radical (unpaired) electrons. The highest BCUT2D eigenvalue weighted by Gasteiger charge is 2.27. The number of carbonyl (C=O) groups is 2. The van der Waals surface area contributed by atoms with Crippen molar-refractivity contribution >= 4 is 67.8 Å². The molecule has 0 bridgehead atoms. The maximum Gasteiger partial charge on any atom is 0.303 e. The Kier molecular flexibility index (Phi) is 8.95. The van der Waals surface area contributed by atoms with E-state index in [1.54, 1.807) is 30.2 Å². The van der Waals surface area contributed by atoms with Crippen molar-refractivity contribution in [2.75, 3.05) is 18.6 Å². The topological polar surface area (TPSA) is 91.0 Å². The number of thiazole rings is 1. The Labute approximate surface area is 247 Å². The van der Waals surface area contributed by atoms with Gasteiger partial charge in [0.1, 0.15) is 10.4 Å². The number of carboxylic acids is 2. The van der Waals surface area contributed by atoms with Crippen LogP contribution in [0.3, 0.4) is 0 Å². The predicted molar refractivity (Wildman–Crippen MR) is 166 cm³/mol. The van der Waals surface area contributed by atoms with Gasteiger partial charge in [-0.05, 0) is 54.1 Å². The number of benzene rings is 3. The second kappa shape index (κ2) is 12.8. The van der Waals surface area contributed by atoms with Crippen molar-refractivity contribution in [3.8, 4) is 5.75 Å². The average Bonchev–Trinajstić information content (AvgIpc) is 3.49. The van der Waals surface area contributed by atoms with Crippen molar-refractivity contribution in [1.29, 1.82) is 0 Å². The summed E-state index contributed by atoms with van der Waals surface area (Å²) in [6.07, 6.45) is 6.51. The lowest BCUT2D eigenvalue weighted by atomic mass is 10.1. The number of rotatable bonds is 12. The number of fused-ring (bicyclic) bond motifs is 4. The standard InChI is InChI=1S/C32H32N2O5S2/c1-3-21(18-28-33(16-6-10-30(35)36)25-20-23(39-2)13-15-26(25)40-28)19-29-34(17-7-11-31(37)38)32-24-9-5-4-8-22(24)12-14-27(32)41-29/h4-5,8-9,12-15,18-20H,3,6-7,10-11,16-17H2,1-2H3,(H-,35,36,37,38)/p+1. The molecule has 0 amide bonds. The van der Waals surface area contributed by atoms with Crippen LogP contribution in [0.5, 0.6) is 5.75 Å². The van der Waals surface area contributed by atoms with Crippen LogP contribution in [0.25, 0.3) is 27.1 Å². The second-order valence-electron chi connectivity index (χ2n) is 9.86. The van der Waals surface area contributed by atoms with E-state index < -0.39 is 11.9 Å². The third-order valence-corrected chi connectivity index (χ3v) is 9.33. The van der Waals surface area contributed by atoms with E-state index in [-0.39, 0.29) is 12.8 Å². The molecule has 0 aliphatic carbocycles. The fourth-order valence-corrected chi connectivity index (χ4v) is 7.42. The highest BCUT2D eigenvalue weighted by Crippen LogP contribution is 2.48. The normalized spacial score (nSPS) is 14.2. The van der Waals surface area contributed by atoms with Gasteiger partial charge in [-0.1, -0.05) is 54.3 Å². The quantitative estimate of drug-likeness (QED) is 0.167. The van der Waals surface area contributed by atoms with Gasteiger partial charge in [-0.2, -0.15) is 4.57 Å². The van der Waals surface area contributed by atoms with Crippen LogP contribution in [0.4, 0.5) is 5.69 Å². The molecular formula is C32H33N2O5S2+. The molecule has 3 aromatic carbocycles. The number of aromatic nitrogens is 1. The Balaban J connectivity index is 1.56. The molecule has 2 heterocycles. The highest BCUT2D eigenvalue weighted by atomic mass is 32.2. The smallest absolute Gasteiger partial charge is 0.303 e. The first kappa shape index (κ1) is 28.7. The minimum Gasteiger partial charge on any atom is -0.497 e. The van der Waals surface area contributed by atoms with E-state index in [2.05, 4.69) is 52.8 Å². The van der Waals surface area contributed by atoms with E-state index >= 15 is 0 Å². The van der Waals surface area contributed by atoms with E-state index in [1.165, 1.54) is 4.70 Å². The summed E-state index contributed by atoms with van der Waals surface area (Å²) in [4.78, 5) is 25.8. The van der Waals surface area contributed by atoms with Crippen LogP contribution in [0.1, 0.15) is 44.0 Å². The first-order valence-electron chi connectivity index (χ1n) is 13.7. The summed E-state index contributed by atoms with van der Waals surface area (Å²) in [6, 6.07) is 18.6. The number of hydrogen-bond donors (Lipinski definition) is 2. The Morgan fingerprint density at radius 3 is 2.56 bits per heavy atom. The van der Waals surface area contributed by atoms with Crippen molar-refractivity contribution in [2.24, 2.45) is 0 Å². The van der Waals surface area contributed by atoms with E-state index in [1.807, 2.05) is 30.3 Å². The molecule has 7 nitrogen and oxygen atoms in total. The Morgan fingerprint density at radius 2 is 1.80 bits per heavy atom. The minimum absolute atomic E-state index is 0.107. The van der Waals surface area contributed by atoms with Gasteiger partial charge in [0, 0.05) is 36.4 Å². The zero-order chi connectivity index (χ0) is 28.9. The van der Waals surface area contributed by atoms with Gasteiger partial charge >= 0.3 is 11.9 Å². The number of aryl methyl sites for hydroxylation is 1. The molecule has 4 aromatic rings. The van der Waals surface area contributed by atoms with Crippen LogP contribution in [-0.4, -0.2) is 35.8 Å².